The monoisotopic (exact) mass is 444 g/mol. The highest BCUT2D eigenvalue weighted by molar-refractivity contribution is 6.07. The van der Waals surface area contributed by atoms with Crippen molar-refractivity contribution in [2.24, 2.45) is 0 Å². The normalized spacial score (nSPS) is 14.7. The van der Waals surface area contributed by atoms with Crippen molar-refractivity contribution in [3.63, 3.8) is 0 Å². The van der Waals surface area contributed by atoms with Gasteiger partial charge in [-0.15, -0.1) is 0 Å². The summed E-state index contributed by atoms with van der Waals surface area (Å²) in [6.07, 6.45) is 0. The summed E-state index contributed by atoms with van der Waals surface area (Å²) in [5, 5.41) is 3.55. The summed E-state index contributed by atoms with van der Waals surface area (Å²) in [6.45, 7) is 7.19. The largest absolute Gasteiger partial charge is 0.369 e. The van der Waals surface area contributed by atoms with Gasteiger partial charge in [0.1, 0.15) is 5.82 Å². The second-order valence-corrected chi connectivity index (χ2v) is 8.33. The Labute approximate surface area is 190 Å². The fourth-order valence-corrected chi connectivity index (χ4v) is 4.39. The SMILES string of the molecule is CCN1CCN(c2cccc(NC(=O)c3ccc4[nH]c5ccc(F)cc5c(=O)c4c3)c2)CC1. The van der Waals surface area contributed by atoms with E-state index in [2.05, 4.69) is 33.1 Å². The number of rotatable bonds is 4. The summed E-state index contributed by atoms with van der Waals surface area (Å²) in [5.41, 5.74) is 3.00. The van der Waals surface area contributed by atoms with E-state index >= 15 is 0 Å². The number of nitrogens with one attached hydrogen (secondary N) is 2. The van der Waals surface area contributed by atoms with Crippen molar-refractivity contribution in [2.75, 3.05) is 42.9 Å². The molecule has 4 aromatic rings. The molecule has 0 aliphatic carbocycles. The quantitative estimate of drug-likeness (QED) is 0.463. The molecule has 2 heterocycles. The lowest BCUT2D eigenvalue weighted by Crippen LogP contribution is -2.46. The zero-order valence-corrected chi connectivity index (χ0v) is 18.4. The van der Waals surface area contributed by atoms with Crippen molar-refractivity contribution < 1.29 is 9.18 Å². The Bertz CT molecular complexity index is 1410. The van der Waals surface area contributed by atoms with E-state index in [1.54, 1.807) is 24.3 Å². The Morgan fingerprint density at radius 2 is 1.70 bits per heavy atom. The number of benzene rings is 3. The number of aromatic nitrogens is 1. The van der Waals surface area contributed by atoms with Gasteiger partial charge in [0, 0.05) is 64.9 Å². The Kier molecular flexibility index (Phi) is 5.56. The smallest absolute Gasteiger partial charge is 0.255 e. The summed E-state index contributed by atoms with van der Waals surface area (Å²) < 4.78 is 13.6. The van der Waals surface area contributed by atoms with Crippen LogP contribution in [-0.2, 0) is 0 Å². The lowest BCUT2D eigenvalue weighted by Gasteiger charge is -2.35. The number of amides is 1. The molecule has 1 aromatic heterocycles. The van der Waals surface area contributed by atoms with Gasteiger partial charge in [-0.2, -0.15) is 0 Å². The number of carbonyl (C=O) groups is 1. The standard InChI is InChI=1S/C26H25FN4O2/c1-2-30-10-12-31(13-11-30)20-5-3-4-19(16-20)28-26(33)17-6-8-23-21(14-17)25(32)22-15-18(27)7-9-24(22)29-23/h3-9,14-16H,2,10-13H2,1H3,(H,28,33)(H,29,32). The van der Waals surface area contributed by atoms with Crippen LogP contribution in [-0.4, -0.2) is 48.5 Å². The van der Waals surface area contributed by atoms with Gasteiger partial charge in [-0.3, -0.25) is 9.59 Å². The van der Waals surface area contributed by atoms with E-state index in [0.29, 0.717) is 27.7 Å². The van der Waals surface area contributed by atoms with Gasteiger partial charge in [-0.1, -0.05) is 13.0 Å². The van der Waals surface area contributed by atoms with Crippen molar-refractivity contribution in [1.82, 2.24) is 9.88 Å². The van der Waals surface area contributed by atoms with Crippen LogP contribution in [0.4, 0.5) is 15.8 Å². The number of nitrogens with zero attached hydrogens (tertiary/aromatic N) is 2. The van der Waals surface area contributed by atoms with Gasteiger partial charge in [-0.05, 0) is 61.1 Å². The van der Waals surface area contributed by atoms with Crippen LogP contribution in [0.15, 0.2) is 65.5 Å². The first kappa shape index (κ1) is 21.2. The molecule has 1 aliphatic rings. The highest BCUT2D eigenvalue weighted by Crippen LogP contribution is 2.22. The van der Waals surface area contributed by atoms with Crippen LogP contribution in [0.2, 0.25) is 0 Å². The Morgan fingerprint density at radius 3 is 2.45 bits per heavy atom. The van der Waals surface area contributed by atoms with Crippen LogP contribution < -0.4 is 15.6 Å². The molecule has 7 heteroatoms. The number of hydrogen-bond acceptors (Lipinski definition) is 4. The minimum absolute atomic E-state index is 0.260. The first-order chi connectivity index (χ1) is 16.0. The van der Waals surface area contributed by atoms with Gasteiger partial charge in [-0.25, -0.2) is 4.39 Å². The molecule has 0 atom stereocenters. The third-order valence-corrected chi connectivity index (χ3v) is 6.31. The van der Waals surface area contributed by atoms with E-state index in [1.165, 1.54) is 12.1 Å². The number of halogens is 1. The van der Waals surface area contributed by atoms with E-state index in [0.717, 1.165) is 38.4 Å². The maximum absolute atomic E-state index is 13.6. The number of aromatic amines is 1. The zero-order chi connectivity index (χ0) is 22.9. The first-order valence-electron chi connectivity index (χ1n) is 11.2. The lowest BCUT2D eigenvalue weighted by atomic mass is 10.1. The van der Waals surface area contributed by atoms with E-state index < -0.39 is 5.82 Å². The molecule has 1 fully saturated rings. The number of anilines is 2. The molecule has 0 spiro atoms. The van der Waals surface area contributed by atoms with Crippen molar-refractivity contribution in [3.05, 3.63) is 82.3 Å². The Hall–Kier alpha value is -3.71. The van der Waals surface area contributed by atoms with E-state index in [-0.39, 0.29) is 16.7 Å². The lowest BCUT2D eigenvalue weighted by molar-refractivity contribution is 0.102. The van der Waals surface area contributed by atoms with Gasteiger partial charge in [0.25, 0.3) is 5.91 Å². The average molecular weight is 445 g/mol. The van der Waals surface area contributed by atoms with Crippen LogP contribution in [0.1, 0.15) is 17.3 Å². The fourth-order valence-electron chi connectivity index (χ4n) is 4.39. The van der Waals surface area contributed by atoms with Crippen LogP contribution in [0.25, 0.3) is 21.8 Å². The molecule has 0 radical (unpaired) electrons. The van der Waals surface area contributed by atoms with Gasteiger partial charge in [0.2, 0.25) is 0 Å². The van der Waals surface area contributed by atoms with E-state index in [9.17, 15) is 14.0 Å². The third-order valence-electron chi connectivity index (χ3n) is 6.31. The zero-order valence-electron chi connectivity index (χ0n) is 18.4. The fraction of sp³-hybridized carbons (Fsp3) is 0.231. The first-order valence-corrected chi connectivity index (χ1v) is 11.2. The molecule has 2 N–H and O–H groups in total. The minimum Gasteiger partial charge on any atom is -0.369 e. The second-order valence-electron chi connectivity index (χ2n) is 8.33. The Morgan fingerprint density at radius 1 is 0.970 bits per heavy atom. The number of likely N-dealkylation sites (N-methyl/N-ethyl adjacent to an activating group) is 1. The molecule has 0 saturated carbocycles. The molecule has 0 unspecified atom stereocenters. The highest BCUT2D eigenvalue weighted by Gasteiger charge is 2.17. The summed E-state index contributed by atoms with van der Waals surface area (Å²) in [7, 11) is 0. The minimum atomic E-state index is -0.475. The molecular weight excluding hydrogens is 419 g/mol. The predicted octanol–water partition coefficient (Wildman–Crippen LogP) is 4.21. The van der Waals surface area contributed by atoms with Crippen LogP contribution in [0.5, 0.6) is 0 Å². The maximum Gasteiger partial charge on any atom is 0.255 e. The second kappa shape index (κ2) is 8.67. The van der Waals surface area contributed by atoms with Gasteiger partial charge < -0.3 is 20.1 Å². The van der Waals surface area contributed by atoms with Gasteiger partial charge in [0.05, 0.1) is 0 Å². The van der Waals surface area contributed by atoms with Crippen molar-refractivity contribution in [2.45, 2.75) is 6.92 Å². The number of piperazine rings is 1. The van der Waals surface area contributed by atoms with Crippen LogP contribution >= 0.6 is 0 Å². The summed E-state index contributed by atoms with van der Waals surface area (Å²) in [6, 6.07) is 16.8. The predicted molar refractivity (Wildman–Crippen MR) is 131 cm³/mol. The van der Waals surface area contributed by atoms with Crippen LogP contribution in [0.3, 0.4) is 0 Å². The van der Waals surface area contributed by atoms with Crippen molar-refractivity contribution in [1.29, 1.82) is 0 Å². The topological polar surface area (TPSA) is 68.4 Å². The van der Waals surface area contributed by atoms with Gasteiger partial charge >= 0.3 is 0 Å². The van der Waals surface area contributed by atoms with Gasteiger partial charge in [0.15, 0.2) is 5.43 Å². The molecule has 1 aliphatic heterocycles. The summed E-state index contributed by atoms with van der Waals surface area (Å²) in [4.78, 5) is 33.7. The van der Waals surface area contributed by atoms with E-state index in [1.807, 2.05) is 18.2 Å². The van der Waals surface area contributed by atoms with Crippen LogP contribution in [0, 0.1) is 5.82 Å². The van der Waals surface area contributed by atoms with Crippen molar-refractivity contribution >= 4 is 39.1 Å². The number of fused-ring (bicyclic) bond motifs is 2. The number of pyridine rings is 1. The number of carbonyl (C=O) groups excluding carboxylic acids is 1. The average Bonchev–Trinajstić information content (AvgIpc) is 2.85. The molecule has 6 nitrogen and oxygen atoms in total. The van der Waals surface area contributed by atoms with Crippen molar-refractivity contribution in [3.8, 4) is 0 Å². The molecule has 33 heavy (non-hydrogen) atoms. The summed E-state index contributed by atoms with van der Waals surface area (Å²) >= 11 is 0. The number of H-pyrrole nitrogens is 1. The number of hydrogen-bond donors (Lipinski definition) is 2. The molecule has 5 rings (SSSR count). The molecule has 168 valence electrons. The Balaban J connectivity index is 1.40. The highest BCUT2D eigenvalue weighted by atomic mass is 19.1. The van der Waals surface area contributed by atoms with E-state index in [4.69, 9.17) is 0 Å². The molecule has 1 amide bonds. The maximum atomic E-state index is 13.6. The molecule has 1 saturated heterocycles. The molecule has 3 aromatic carbocycles. The molecule has 0 bridgehead atoms. The third kappa shape index (κ3) is 4.19. The summed E-state index contributed by atoms with van der Waals surface area (Å²) in [5.74, 6) is -0.777. The molecular formula is C26H25FN4O2.